The third-order valence-electron chi connectivity index (χ3n) is 5.19. The topological polar surface area (TPSA) is 44.7 Å². The van der Waals surface area contributed by atoms with Gasteiger partial charge in [-0.05, 0) is 38.4 Å². The molecule has 0 bridgehead atoms. The number of ether oxygens (including phenoxy) is 1. The van der Waals surface area contributed by atoms with E-state index < -0.39 is 5.60 Å². The molecule has 122 valence electrons. The van der Waals surface area contributed by atoms with E-state index in [2.05, 4.69) is 40.5 Å². The van der Waals surface area contributed by atoms with Gasteiger partial charge in [0.15, 0.2) is 0 Å². The summed E-state index contributed by atoms with van der Waals surface area (Å²) in [5.41, 5.74) is 0.710. The normalized spacial score (nSPS) is 30.7. The van der Waals surface area contributed by atoms with Gasteiger partial charge in [0.1, 0.15) is 5.60 Å². The Bertz CT molecular complexity index is 459. The van der Waals surface area contributed by atoms with Crippen molar-refractivity contribution < 1.29 is 9.84 Å². The van der Waals surface area contributed by atoms with E-state index in [0.29, 0.717) is 19.2 Å². The Labute approximate surface area is 133 Å². The van der Waals surface area contributed by atoms with E-state index >= 15 is 0 Å². The van der Waals surface area contributed by atoms with E-state index in [-0.39, 0.29) is 6.10 Å². The second kappa shape index (κ2) is 7.09. The highest BCUT2D eigenvalue weighted by Gasteiger charge is 2.39. The summed E-state index contributed by atoms with van der Waals surface area (Å²) in [7, 11) is 0. The van der Waals surface area contributed by atoms with Crippen molar-refractivity contribution in [2.24, 2.45) is 0 Å². The first-order valence-electron chi connectivity index (χ1n) is 8.49. The average Bonchev–Trinajstić information content (AvgIpc) is 2.87. The first-order chi connectivity index (χ1) is 10.7. The second-order valence-corrected chi connectivity index (χ2v) is 6.78. The van der Waals surface area contributed by atoms with E-state index in [0.717, 1.165) is 38.9 Å². The van der Waals surface area contributed by atoms with Crippen LogP contribution in [0, 0.1) is 0 Å². The molecule has 0 aromatic heterocycles. The Kier molecular flexibility index (Phi) is 5.14. The van der Waals surface area contributed by atoms with E-state index in [1.54, 1.807) is 0 Å². The molecule has 4 nitrogen and oxygen atoms in total. The minimum absolute atomic E-state index is 0.0573. The molecule has 2 atom stereocenters. The average molecular weight is 304 g/mol. The first-order valence-corrected chi connectivity index (χ1v) is 8.49. The fourth-order valence-electron chi connectivity index (χ4n) is 3.46. The lowest BCUT2D eigenvalue weighted by molar-refractivity contribution is -0.0288. The maximum absolute atomic E-state index is 10.5. The lowest BCUT2D eigenvalue weighted by Gasteiger charge is -2.35. The molecule has 4 heteroatoms. The molecule has 2 N–H and O–H groups in total. The number of likely N-dealkylation sites (tertiary alicyclic amines) is 1. The molecule has 0 saturated carbocycles. The molecule has 0 unspecified atom stereocenters. The third kappa shape index (κ3) is 3.87. The van der Waals surface area contributed by atoms with Crippen molar-refractivity contribution in [1.82, 2.24) is 10.2 Å². The van der Waals surface area contributed by atoms with Crippen LogP contribution in [-0.2, 0) is 11.3 Å². The fourth-order valence-corrected chi connectivity index (χ4v) is 3.46. The third-order valence-corrected chi connectivity index (χ3v) is 5.19. The van der Waals surface area contributed by atoms with Crippen LogP contribution in [0.5, 0.6) is 0 Å². The fraction of sp³-hybridized carbons (Fsp3) is 0.667. The molecular weight excluding hydrogens is 276 g/mol. The van der Waals surface area contributed by atoms with Crippen molar-refractivity contribution in [3.8, 4) is 0 Å². The summed E-state index contributed by atoms with van der Waals surface area (Å²) in [6.07, 6.45) is 2.99. The van der Waals surface area contributed by atoms with E-state index in [1.165, 1.54) is 5.56 Å². The minimum atomic E-state index is -0.679. The molecule has 0 spiro atoms. The number of nitrogens with one attached hydrogen (secondary N) is 1. The summed E-state index contributed by atoms with van der Waals surface area (Å²) in [6.45, 7) is 6.58. The van der Waals surface area contributed by atoms with Crippen LogP contribution in [0.2, 0.25) is 0 Å². The van der Waals surface area contributed by atoms with Crippen LogP contribution in [-0.4, -0.2) is 54.0 Å². The van der Waals surface area contributed by atoms with Gasteiger partial charge in [0.2, 0.25) is 0 Å². The second-order valence-electron chi connectivity index (χ2n) is 6.78. The largest absolute Gasteiger partial charge is 0.386 e. The van der Waals surface area contributed by atoms with Gasteiger partial charge in [0, 0.05) is 32.2 Å². The monoisotopic (exact) mass is 304 g/mol. The maximum Gasteiger partial charge on any atom is 0.105 e. The summed E-state index contributed by atoms with van der Waals surface area (Å²) in [5, 5.41) is 14.1. The van der Waals surface area contributed by atoms with Crippen molar-refractivity contribution in [1.29, 1.82) is 0 Å². The molecule has 0 amide bonds. The van der Waals surface area contributed by atoms with Crippen molar-refractivity contribution in [2.45, 2.75) is 50.5 Å². The number of aliphatic hydroxyl groups is 1. The molecule has 1 aromatic rings. The first kappa shape index (κ1) is 15.9. The smallest absolute Gasteiger partial charge is 0.105 e. The predicted octanol–water partition coefficient (Wildman–Crippen LogP) is 1.78. The molecule has 2 heterocycles. The number of hydrogen-bond donors (Lipinski definition) is 2. The molecule has 1 aromatic carbocycles. The number of benzene rings is 1. The van der Waals surface area contributed by atoms with Crippen molar-refractivity contribution >= 4 is 0 Å². The SMILES string of the molecule is C[C@H]1OCC[C@]1(O)CNC1CCN(Cc2ccccc2)CC1. The summed E-state index contributed by atoms with van der Waals surface area (Å²) in [4.78, 5) is 2.52. The lowest BCUT2D eigenvalue weighted by atomic mass is 9.95. The van der Waals surface area contributed by atoms with Gasteiger partial charge in [-0.25, -0.2) is 0 Å². The van der Waals surface area contributed by atoms with Crippen LogP contribution in [0.15, 0.2) is 30.3 Å². The highest BCUT2D eigenvalue weighted by Crippen LogP contribution is 2.25. The summed E-state index contributed by atoms with van der Waals surface area (Å²) in [5.74, 6) is 0. The quantitative estimate of drug-likeness (QED) is 0.870. The zero-order valence-corrected chi connectivity index (χ0v) is 13.5. The van der Waals surface area contributed by atoms with Gasteiger partial charge in [-0.1, -0.05) is 30.3 Å². The Morgan fingerprint density at radius 2 is 2.00 bits per heavy atom. The van der Waals surface area contributed by atoms with E-state index in [1.807, 2.05) is 6.92 Å². The number of rotatable bonds is 5. The zero-order chi connectivity index (χ0) is 15.4. The Morgan fingerprint density at radius 1 is 1.27 bits per heavy atom. The van der Waals surface area contributed by atoms with Crippen LogP contribution in [0.25, 0.3) is 0 Å². The molecule has 2 fully saturated rings. The van der Waals surface area contributed by atoms with Crippen LogP contribution in [0.4, 0.5) is 0 Å². The number of piperidine rings is 1. The van der Waals surface area contributed by atoms with E-state index in [4.69, 9.17) is 4.74 Å². The van der Waals surface area contributed by atoms with Gasteiger partial charge >= 0.3 is 0 Å². The number of hydrogen-bond acceptors (Lipinski definition) is 4. The summed E-state index contributed by atoms with van der Waals surface area (Å²) in [6, 6.07) is 11.2. The maximum atomic E-state index is 10.5. The van der Waals surface area contributed by atoms with Crippen LogP contribution < -0.4 is 5.32 Å². The standard InChI is InChI=1S/C18H28N2O2/c1-15-18(21,9-12-22-15)14-19-17-7-10-20(11-8-17)13-16-5-3-2-4-6-16/h2-6,15,17,19,21H,7-14H2,1H3/t15-,18+/m1/s1. The highest BCUT2D eigenvalue weighted by molar-refractivity contribution is 5.14. The van der Waals surface area contributed by atoms with Gasteiger partial charge in [-0.2, -0.15) is 0 Å². The van der Waals surface area contributed by atoms with Crippen molar-refractivity contribution in [3.63, 3.8) is 0 Å². The van der Waals surface area contributed by atoms with Gasteiger partial charge in [-0.3, -0.25) is 4.90 Å². The van der Waals surface area contributed by atoms with Crippen molar-refractivity contribution in [2.75, 3.05) is 26.2 Å². The number of nitrogens with zero attached hydrogens (tertiary/aromatic N) is 1. The molecule has 0 aliphatic carbocycles. The Morgan fingerprint density at radius 3 is 2.64 bits per heavy atom. The van der Waals surface area contributed by atoms with Gasteiger partial charge in [0.25, 0.3) is 0 Å². The van der Waals surface area contributed by atoms with Gasteiger partial charge < -0.3 is 15.2 Å². The predicted molar refractivity (Wildman–Crippen MR) is 87.7 cm³/mol. The summed E-state index contributed by atoms with van der Waals surface area (Å²) >= 11 is 0. The van der Waals surface area contributed by atoms with Crippen LogP contribution in [0.1, 0.15) is 31.7 Å². The Balaban J connectivity index is 1.40. The zero-order valence-electron chi connectivity index (χ0n) is 13.5. The molecule has 22 heavy (non-hydrogen) atoms. The molecule has 2 aliphatic rings. The molecule has 2 aliphatic heterocycles. The van der Waals surface area contributed by atoms with E-state index in [9.17, 15) is 5.11 Å². The van der Waals surface area contributed by atoms with Crippen LogP contribution in [0.3, 0.4) is 0 Å². The Hall–Kier alpha value is -0.940. The molecule has 0 radical (unpaired) electrons. The van der Waals surface area contributed by atoms with Crippen molar-refractivity contribution in [3.05, 3.63) is 35.9 Å². The minimum Gasteiger partial charge on any atom is -0.386 e. The van der Waals surface area contributed by atoms with Gasteiger partial charge in [0.05, 0.1) is 6.10 Å². The molecular formula is C18H28N2O2. The molecule has 3 rings (SSSR count). The molecule has 2 saturated heterocycles. The highest BCUT2D eigenvalue weighted by atomic mass is 16.5. The lowest BCUT2D eigenvalue weighted by Crippen LogP contribution is -2.51. The summed E-state index contributed by atoms with van der Waals surface area (Å²) < 4.78 is 5.49. The van der Waals surface area contributed by atoms with Gasteiger partial charge in [-0.15, -0.1) is 0 Å². The van der Waals surface area contributed by atoms with Crippen LogP contribution >= 0.6 is 0 Å².